The molecule has 2 N–H and O–H groups in total. The van der Waals surface area contributed by atoms with Crippen molar-refractivity contribution in [3.8, 4) is 0 Å². The molecule has 2 aromatic carbocycles. The molecule has 0 radical (unpaired) electrons. The molecule has 1 aliphatic rings. The van der Waals surface area contributed by atoms with Crippen LogP contribution in [0, 0.1) is 0 Å². The lowest BCUT2D eigenvalue weighted by atomic mass is 10.1. The van der Waals surface area contributed by atoms with E-state index in [1.54, 1.807) is 24.3 Å². The van der Waals surface area contributed by atoms with Crippen LogP contribution in [0.1, 0.15) is 11.1 Å². The third-order valence-corrected chi connectivity index (χ3v) is 5.14. The van der Waals surface area contributed by atoms with Gasteiger partial charge in [0.05, 0.1) is 4.90 Å². The fraction of sp³-hybridized carbons (Fsp3) is 0.143. The molecule has 98 valence electrons. The minimum Gasteiger partial charge on any atom is -0.399 e. The van der Waals surface area contributed by atoms with Gasteiger partial charge in [-0.3, -0.25) is 0 Å². The van der Waals surface area contributed by atoms with Crippen LogP contribution < -0.4 is 5.73 Å². The summed E-state index contributed by atoms with van der Waals surface area (Å²) >= 11 is 0. The first kappa shape index (κ1) is 12.2. The maximum Gasteiger partial charge on any atom is 0.243 e. The van der Waals surface area contributed by atoms with E-state index in [9.17, 15) is 8.42 Å². The van der Waals surface area contributed by atoms with Crippen LogP contribution in [0.5, 0.6) is 0 Å². The summed E-state index contributed by atoms with van der Waals surface area (Å²) in [6, 6.07) is 14.1. The number of hydrogen-bond donors (Lipinski definition) is 1. The first-order valence-corrected chi connectivity index (χ1v) is 7.44. The van der Waals surface area contributed by atoms with Crippen molar-refractivity contribution in [1.82, 2.24) is 4.31 Å². The second-order valence-electron chi connectivity index (χ2n) is 4.61. The lowest BCUT2D eigenvalue weighted by molar-refractivity contribution is 0.431. The number of nitrogens with zero attached hydrogens (tertiary/aromatic N) is 1. The van der Waals surface area contributed by atoms with Crippen molar-refractivity contribution in [1.29, 1.82) is 0 Å². The highest BCUT2D eigenvalue weighted by Crippen LogP contribution is 2.28. The normalized spacial score (nSPS) is 15.4. The number of hydrogen-bond acceptors (Lipinski definition) is 3. The lowest BCUT2D eigenvalue weighted by Crippen LogP contribution is -2.25. The second-order valence-corrected chi connectivity index (χ2v) is 6.55. The molecule has 4 nitrogen and oxygen atoms in total. The third-order valence-electron chi connectivity index (χ3n) is 3.33. The van der Waals surface area contributed by atoms with Gasteiger partial charge < -0.3 is 5.73 Å². The molecule has 19 heavy (non-hydrogen) atoms. The van der Waals surface area contributed by atoms with Gasteiger partial charge in [0.25, 0.3) is 0 Å². The zero-order valence-electron chi connectivity index (χ0n) is 10.3. The Hall–Kier alpha value is -1.85. The SMILES string of the molecule is Nc1ccc(S(=O)(=O)N2Cc3ccccc3C2)cc1. The average molecular weight is 274 g/mol. The quantitative estimate of drug-likeness (QED) is 0.852. The number of nitrogen functional groups attached to an aromatic ring is 1. The van der Waals surface area contributed by atoms with Gasteiger partial charge in [-0.05, 0) is 35.4 Å². The van der Waals surface area contributed by atoms with E-state index in [2.05, 4.69) is 0 Å². The number of anilines is 1. The van der Waals surface area contributed by atoms with Crippen molar-refractivity contribution < 1.29 is 8.42 Å². The molecule has 5 heteroatoms. The minimum absolute atomic E-state index is 0.287. The van der Waals surface area contributed by atoms with Gasteiger partial charge in [-0.2, -0.15) is 4.31 Å². The molecule has 0 aromatic heterocycles. The Morgan fingerprint density at radius 2 is 1.42 bits per heavy atom. The summed E-state index contributed by atoms with van der Waals surface area (Å²) in [5, 5.41) is 0. The summed E-state index contributed by atoms with van der Waals surface area (Å²) in [6.07, 6.45) is 0. The summed E-state index contributed by atoms with van der Waals surface area (Å²) in [7, 11) is -3.45. The predicted octanol–water partition coefficient (Wildman–Crippen LogP) is 1.97. The zero-order valence-corrected chi connectivity index (χ0v) is 11.1. The molecule has 0 atom stereocenters. The van der Waals surface area contributed by atoms with E-state index in [0.717, 1.165) is 11.1 Å². The Bertz CT molecular complexity index is 683. The van der Waals surface area contributed by atoms with Crippen LogP contribution in [-0.4, -0.2) is 12.7 Å². The number of benzene rings is 2. The Morgan fingerprint density at radius 3 is 1.95 bits per heavy atom. The smallest absolute Gasteiger partial charge is 0.243 e. The van der Waals surface area contributed by atoms with E-state index in [-0.39, 0.29) is 4.90 Å². The lowest BCUT2D eigenvalue weighted by Gasteiger charge is -2.15. The molecule has 0 saturated carbocycles. The standard InChI is InChI=1S/C14H14N2O2S/c15-13-5-7-14(8-6-13)19(17,18)16-9-11-3-1-2-4-12(11)10-16/h1-8H,9-10,15H2. The van der Waals surface area contributed by atoms with Crippen LogP contribution in [0.3, 0.4) is 0 Å². The molecule has 0 saturated heterocycles. The molecular formula is C14H14N2O2S. The van der Waals surface area contributed by atoms with E-state index in [1.165, 1.54) is 4.31 Å². The number of fused-ring (bicyclic) bond motifs is 1. The number of rotatable bonds is 2. The monoisotopic (exact) mass is 274 g/mol. The fourth-order valence-electron chi connectivity index (χ4n) is 2.26. The summed E-state index contributed by atoms with van der Waals surface area (Å²) in [5.41, 5.74) is 8.28. The molecule has 3 rings (SSSR count). The van der Waals surface area contributed by atoms with Crippen LogP contribution >= 0.6 is 0 Å². The molecule has 1 aliphatic heterocycles. The molecule has 0 unspecified atom stereocenters. The van der Waals surface area contributed by atoms with Gasteiger partial charge in [0.1, 0.15) is 0 Å². The summed E-state index contributed by atoms with van der Waals surface area (Å²) in [6.45, 7) is 0.867. The Labute approximate surface area is 112 Å². The third kappa shape index (κ3) is 2.11. The Kier molecular flexibility index (Phi) is 2.80. The first-order chi connectivity index (χ1) is 9.07. The van der Waals surface area contributed by atoms with Crippen molar-refractivity contribution in [2.24, 2.45) is 0 Å². The highest BCUT2D eigenvalue weighted by atomic mass is 32.2. The van der Waals surface area contributed by atoms with Crippen LogP contribution in [-0.2, 0) is 23.1 Å². The van der Waals surface area contributed by atoms with Crippen molar-refractivity contribution in [2.75, 3.05) is 5.73 Å². The molecule has 0 bridgehead atoms. The molecule has 2 aromatic rings. The van der Waals surface area contributed by atoms with Crippen LogP contribution in [0.15, 0.2) is 53.4 Å². The van der Waals surface area contributed by atoms with E-state index in [0.29, 0.717) is 18.8 Å². The van der Waals surface area contributed by atoms with Crippen molar-refractivity contribution in [3.05, 3.63) is 59.7 Å². The van der Waals surface area contributed by atoms with E-state index in [4.69, 9.17) is 5.73 Å². The van der Waals surface area contributed by atoms with Crippen LogP contribution in [0.4, 0.5) is 5.69 Å². The van der Waals surface area contributed by atoms with Crippen molar-refractivity contribution >= 4 is 15.7 Å². The highest BCUT2D eigenvalue weighted by Gasteiger charge is 2.30. The number of sulfonamides is 1. The van der Waals surface area contributed by atoms with Gasteiger partial charge in [0.2, 0.25) is 10.0 Å². The average Bonchev–Trinajstić information content (AvgIpc) is 2.83. The van der Waals surface area contributed by atoms with Gasteiger partial charge in [-0.1, -0.05) is 24.3 Å². The van der Waals surface area contributed by atoms with Gasteiger partial charge in [0, 0.05) is 18.8 Å². The number of nitrogens with two attached hydrogens (primary N) is 1. The largest absolute Gasteiger partial charge is 0.399 e. The Balaban J connectivity index is 1.94. The van der Waals surface area contributed by atoms with E-state index in [1.807, 2.05) is 24.3 Å². The van der Waals surface area contributed by atoms with Gasteiger partial charge >= 0.3 is 0 Å². The van der Waals surface area contributed by atoms with Crippen LogP contribution in [0.2, 0.25) is 0 Å². The Morgan fingerprint density at radius 1 is 0.895 bits per heavy atom. The molecule has 0 amide bonds. The second kappa shape index (κ2) is 4.36. The molecule has 1 heterocycles. The van der Waals surface area contributed by atoms with Crippen molar-refractivity contribution in [3.63, 3.8) is 0 Å². The van der Waals surface area contributed by atoms with Crippen molar-refractivity contribution in [2.45, 2.75) is 18.0 Å². The summed E-state index contributed by atoms with van der Waals surface area (Å²) < 4.78 is 26.5. The summed E-state index contributed by atoms with van der Waals surface area (Å²) in [4.78, 5) is 0.287. The van der Waals surface area contributed by atoms with Crippen LogP contribution in [0.25, 0.3) is 0 Å². The molecular weight excluding hydrogens is 260 g/mol. The van der Waals surface area contributed by atoms with Gasteiger partial charge in [-0.15, -0.1) is 0 Å². The zero-order chi connectivity index (χ0) is 13.5. The first-order valence-electron chi connectivity index (χ1n) is 6.00. The van der Waals surface area contributed by atoms with Gasteiger partial charge in [-0.25, -0.2) is 8.42 Å². The minimum atomic E-state index is -3.45. The highest BCUT2D eigenvalue weighted by molar-refractivity contribution is 7.89. The molecule has 0 fully saturated rings. The predicted molar refractivity (Wildman–Crippen MR) is 73.7 cm³/mol. The summed E-state index contributed by atoms with van der Waals surface area (Å²) in [5.74, 6) is 0. The maximum absolute atomic E-state index is 12.5. The topological polar surface area (TPSA) is 63.4 Å². The fourth-order valence-corrected chi connectivity index (χ4v) is 3.66. The van der Waals surface area contributed by atoms with E-state index < -0.39 is 10.0 Å². The van der Waals surface area contributed by atoms with Gasteiger partial charge in [0.15, 0.2) is 0 Å². The molecule has 0 aliphatic carbocycles. The molecule has 0 spiro atoms. The maximum atomic E-state index is 12.5. The van der Waals surface area contributed by atoms with E-state index >= 15 is 0 Å².